The topological polar surface area (TPSA) is 103 Å². The number of hydrogen-bond acceptors (Lipinski definition) is 7. The van der Waals surface area contributed by atoms with Crippen LogP contribution in [0.3, 0.4) is 0 Å². The second kappa shape index (κ2) is 7.29. The van der Waals surface area contributed by atoms with Gasteiger partial charge in [0.1, 0.15) is 5.70 Å². The van der Waals surface area contributed by atoms with E-state index in [1.54, 1.807) is 6.92 Å². The van der Waals surface area contributed by atoms with Crippen molar-refractivity contribution in [3.05, 3.63) is 27.8 Å². The number of amides is 1. The highest BCUT2D eigenvalue weighted by molar-refractivity contribution is 8.04. The first-order valence-electron chi connectivity index (χ1n) is 9.34. The molecule has 28 heavy (non-hydrogen) atoms. The number of hydrogen-bond donors (Lipinski definition) is 3. The average molecular weight is 422 g/mol. The third-order valence-corrected chi connectivity index (χ3v) is 7.90. The van der Waals surface area contributed by atoms with E-state index in [1.165, 1.54) is 28.0 Å². The van der Waals surface area contributed by atoms with Crippen molar-refractivity contribution in [3.8, 4) is 0 Å². The fourth-order valence-corrected chi connectivity index (χ4v) is 6.27. The summed E-state index contributed by atoms with van der Waals surface area (Å²) in [6, 6.07) is 0.162. The largest absolute Gasteiger partial charge is 0.477 e. The molecule has 3 aliphatic heterocycles. The highest BCUT2D eigenvalue weighted by atomic mass is 32.2. The van der Waals surface area contributed by atoms with Gasteiger partial charge in [-0.1, -0.05) is 24.8 Å². The SMILES string of the molecule is C[C@@H]1CC=C(c2csc(SC3=C(C(=O)O)N4C(=O)[C@H]([C@@H](C)O)[C@H]4[C@H]3C)n2)CN1. The van der Waals surface area contributed by atoms with E-state index in [0.717, 1.165) is 28.6 Å². The summed E-state index contributed by atoms with van der Waals surface area (Å²) >= 11 is 2.81. The average Bonchev–Trinajstić information content (AvgIpc) is 3.18. The van der Waals surface area contributed by atoms with Gasteiger partial charge in [-0.05, 0) is 25.8 Å². The van der Waals surface area contributed by atoms with Crippen molar-refractivity contribution in [1.82, 2.24) is 15.2 Å². The van der Waals surface area contributed by atoms with Crippen molar-refractivity contribution < 1.29 is 19.8 Å². The fraction of sp³-hybridized carbons (Fsp3) is 0.526. The first-order valence-corrected chi connectivity index (χ1v) is 11.0. The molecule has 5 atom stereocenters. The predicted molar refractivity (Wildman–Crippen MR) is 108 cm³/mol. The second-order valence-corrected chi connectivity index (χ2v) is 9.77. The zero-order valence-corrected chi connectivity index (χ0v) is 17.5. The number of β-lactam (4-membered cyclic amide) rings is 1. The van der Waals surface area contributed by atoms with Crippen LogP contribution in [-0.2, 0) is 9.59 Å². The molecule has 1 aromatic rings. The van der Waals surface area contributed by atoms with Crippen LogP contribution in [0.1, 0.15) is 32.9 Å². The summed E-state index contributed by atoms with van der Waals surface area (Å²) in [5, 5.41) is 25.1. The van der Waals surface area contributed by atoms with Crippen LogP contribution in [0, 0.1) is 11.8 Å². The van der Waals surface area contributed by atoms with E-state index in [0.29, 0.717) is 10.9 Å². The number of aliphatic hydroxyl groups is 1. The molecule has 0 bridgehead atoms. The van der Waals surface area contributed by atoms with Gasteiger partial charge >= 0.3 is 5.97 Å². The highest BCUT2D eigenvalue weighted by Gasteiger charge is 2.60. The minimum Gasteiger partial charge on any atom is -0.477 e. The van der Waals surface area contributed by atoms with Crippen molar-refractivity contribution >= 4 is 40.5 Å². The van der Waals surface area contributed by atoms with Crippen molar-refractivity contribution in [2.24, 2.45) is 11.8 Å². The number of nitrogens with zero attached hydrogens (tertiary/aromatic N) is 2. The van der Waals surface area contributed by atoms with Crippen LogP contribution >= 0.6 is 23.1 Å². The van der Waals surface area contributed by atoms with Crippen LogP contribution in [0.25, 0.3) is 5.57 Å². The van der Waals surface area contributed by atoms with Gasteiger partial charge in [-0.25, -0.2) is 9.78 Å². The molecule has 9 heteroatoms. The van der Waals surface area contributed by atoms with E-state index < -0.39 is 18.0 Å². The lowest BCUT2D eigenvalue weighted by atomic mass is 9.79. The zero-order valence-electron chi connectivity index (χ0n) is 15.9. The van der Waals surface area contributed by atoms with E-state index in [9.17, 15) is 19.8 Å². The molecular formula is C19H23N3O4S2. The molecule has 3 N–H and O–H groups in total. The molecule has 1 aromatic heterocycles. The minimum absolute atomic E-state index is 0.0357. The Labute approximate surface area is 171 Å². The summed E-state index contributed by atoms with van der Waals surface area (Å²) in [6.07, 6.45) is 2.36. The van der Waals surface area contributed by atoms with Gasteiger partial charge in [0.05, 0.1) is 23.8 Å². The van der Waals surface area contributed by atoms with Gasteiger partial charge in [-0.2, -0.15) is 0 Å². The summed E-state index contributed by atoms with van der Waals surface area (Å²) in [5.41, 5.74) is 2.10. The van der Waals surface area contributed by atoms with E-state index in [1.807, 2.05) is 12.3 Å². The summed E-state index contributed by atoms with van der Waals surface area (Å²) < 4.78 is 0.763. The van der Waals surface area contributed by atoms with Crippen LogP contribution < -0.4 is 5.32 Å². The van der Waals surface area contributed by atoms with Crippen LogP contribution in [0.15, 0.2) is 26.4 Å². The molecule has 0 aromatic carbocycles. The van der Waals surface area contributed by atoms with E-state index in [-0.39, 0.29) is 23.6 Å². The molecule has 4 heterocycles. The van der Waals surface area contributed by atoms with E-state index >= 15 is 0 Å². The van der Waals surface area contributed by atoms with Crippen LogP contribution in [-0.4, -0.2) is 56.7 Å². The Morgan fingerprint density at radius 1 is 1.46 bits per heavy atom. The van der Waals surface area contributed by atoms with Gasteiger partial charge in [0, 0.05) is 28.8 Å². The van der Waals surface area contributed by atoms with Crippen molar-refractivity contribution in [2.75, 3.05) is 6.54 Å². The number of carboxylic acids is 1. The summed E-state index contributed by atoms with van der Waals surface area (Å²) in [4.78, 5) is 31.0. The molecule has 7 nitrogen and oxygen atoms in total. The predicted octanol–water partition coefficient (Wildman–Crippen LogP) is 2.15. The number of fused-ring (bicyclic) bond motifs is 1. The molecule has 3 aliphatic rings. The highest BCUT2D eigenvalue weighted by Crippen LogP contribution is 2.52. The Hall–Kier alpha value is -1.68. The van der Waals surface area contributed by atoms with E-state index in [4.69, 9.17) is 0 Å². The van der Waals surface area contributed by atoms with Crippen LogP contribution in [0.4, 0.5) is 0 Å². The molecule has 1 fully saturated rings. The number of thioether (sulfide) groups is 1. The summed E-state index contributed by atoms with van der Waals surface area (Å²) in [6.45, 7) is 6.41. The Morgan fingerprint density at radius 3 is 2.82 bits per heavy atom. The minimum atomic E-state index is -1.11. The molecular weight excluding hydrogens is 398 g/mol. The summed E-state index contributed by atoms with van der Waals surface area (Å²) in [7, 11) is 0. The number of carboxylic acid groups (broad SMARTS) is 1. The van der Waals surface area contributed by atoms with Gasteiger partial charge in [0.25, 0.3) is 0 Å². The third kappa shape index (κ3) is 3.10. The standard InChI is InChI=1S/C19H23N3O4S2/c1-8-4-5-11(6-20-8)12-7-27-19(21-12)28-16-9(2)14-13(10(3)23)17(24)22(14)15(16)18(25)26/h5,7-10,13-14,20,23H,4,6H2,1-3H3,(H,25,26)/t8-,9-,10-,13-,14-/m1/s1. The Kier molecular flexibility index (Phi) is 5.11. The van der Waals surface area contributed by atoms with Crippen LogP contribution in [0.5, 0.6) is 0 Å². The molecule has 0 saturated carbocycles. The zero-order chi connectivity index (χ0) is 20.2. The van der Waals surface area contributed by atoms with Crippen LogP contribution in [0.2, 0.25) is 0 Å². The lowest BCUT2D eigenvalue weighted by molar-refractivity contribution is -0.163. The lowest BCUT2D eigenvalue weighted by Crippen LogP contribution is -2.63. The smallest absolute Gasteiger partial charge is 0.353 e. The lowest BCUT2D eigenvalue weighted by Gasteiger charge is -2.46. The van der Waals surface area contributed by atoms with Gasteiger partial charge in [-0.15, -0.1) is 11.3 Å². The molecule has 1 amide bonds. The first-order chi connectivity index (χ1) is 13.3. The fourth-order valence-electron chi connectivity index (χ4n) is 4.16. The maximum Gasteiger partial charge on any atom is 0.353 e. The number of rotatable bonds is 5. The molecule has 1 saturated heterocycles. The third-order valence-electron chi connectivity index (χ3n) is 5.68. The molecule has 0 radical (unpaired) electrons. The molecule has 4 rings (SSSR count). The molecule has 150 valence electrons. The number of aromatic nitrogens is 1. The van der Waals surface area contributed by atoms with Crippen molar-refractivity contribution in [2.45, 2.75) is 49.7 Å². The number of thiazole rings is 1. The number of nitrogens with one attached hydrogen (secondary N) is 1. The molecule has 0 spiro atoms. The summed E-state index contributed by atoms with van der Waals surface area (Å²) in [5.74, 6) is -2.13. The van der Waals surface area contributed by atoms with Crippen molar-refractivity contribution in [1.29, 1.82) is 0 Å². The monoisotopic (exact) mass is 421 g/mol. The maximum atomic E-state index is 12.4. The van der Waals surface area contributed by atoms with Gasteiger partial charge in [-0.3, -0.25) is 4.79 Å². The van der Waals surface area contributed by atoms with Crippen molar-refractivity contribution in [3.63, 3.8) is 0 Å². The Bertz CT molecular complexity index is 891. The number of aliphatic hydroxyl groups excluding tert-OH is 1. The molecule has 0 aliphatic carbocycles. The Balaban J connectivity index is 1.59. The normalized spacial score (nSPS) is 30.8. The quantitative estimate of drug-likeness (QED) is 0.626. The van der Waals surface area contributed by atoms with E-state index in [2.05, 4.69) is 23.3 Å². The number of carbonyl (C=O) groups excluding carboxylic acids is 1. The van der Waals surface area contributed by atoms with Gasteiger partial charge in [0.15, 0.2) is 4.34 Å². The second-order valence-electron chi connectivity index (χ2n) is 7.62. The number of carbonyl (C=O) groups is 2. The first kappa shape index (κ1) is 19.6. The maximum absolute atomic E-state index is 12.4. The Morgan fingerprint density at radius 2 is 2.21 bits per heavy atom. The number of aliphatic carboxylic acids is 1. The molecule has 0 unspecified atom stereocenters. The van der Waals surface area contributed by atoms with Gasteiger partial charge < -0.3 is 20.4 Å². The van der Waals surface area contributed by atoms with Gasteiger partial charge in [0.2, 0.25) is 5.91 Å².